The predicted molar refractivity (Wildman–Crippen MR) is 79.0 cm³/mol. The maximum Gasteiger partial charge on any atom is 0.203 e. The fraction of sp³-hybridized carbons (Fsp3) is 0.500. The zero-order valence-electron chi connectivity index (χ0n) is 12.1. The third kappa shape index (κ3) is 5.25. The number of unbranched alkanes of at least 4 members (excludes halogenated alkanes) is 1. The summed E-state index contributed by atoms with van der Waals surface area (Å²) in [6.07, 6.45) is 3.91. The Labute approximate surface area is 115 Å². The summed E-state index contributed by atoms with van der Waals surface area (Å²) in [6.45, 7) is 6.54. The first kappa shape index (κ1) is 15.4. The first-order chi connectivity index (χ1) is 9.04. The molecule has 3 nitrogen and oxygen atoms in total. The minimum atomic E-state index is -0.288. The van der Waals surface area contributed by atoms with Crippen LogP contribution in [0.15, 0.2) is 35.4 Å². The van der Waals surface area contributed by atoms with Crippen LogP contribution in [0.25, 0.3) is 0 Å². The van der Waals surface area contributed by atoms with Gasteiger partial charge >= 0.3 is 0 Å². The second-order valence-electron chi connectivity index (χ2n) is 5.09. The highest BCUT2D eigenvalue weighted by Crippen LogP contribution is 2.24. The molecule has 0 radical (unpaired) electrons. The van der Waals surface area contributed by atoms with Crippen LogP contribution in [0.4, 0.5) is 0 Å². The van der Waals surface area contributed by atoms with Gasteiger partial charge in [-0.25, -0.2) is 0 Å². The van der Waals surface area contributed by atoms with E-state index >= 15 is 0 Å². The predicted octanol–water partition coefficient (Wildman–Crippen LogP) is 4.18. The molecule has 0 heterocycles. The van der Waals surface area contributed by atoms with Crippen molar-refractivity contribution in [3.05, 3.63) is 56.7 Å². The van der Waals surface area contributed by atoms with E-state index in [2.05, 4.69) is 38.1 Å². The molecule has 2 rings (SSSR count). The average Bonchev–Trinajstić information content (AvgIpc) is 2.38. The minimum Gasteiger partial charge on any atom is -0.265 e. The molecular weight excluding hydrogens is 238 g/mol. The zero-order valence-corrected chi connectivity index (χ0v) is 12.1. The summed E-state index contributed by atoms with van der Waals surface area (Å²) in [5, 5.41) is 9.56. The molecule has 1 aromatic carbocycles. The quantitative estimate of drug-likeness (QED) is 0.465. The van der Waals surface area contributed by atoms with Crippen molar-refractivity contribution >= 4 is 0 Å². The first-order valence-corrected chi connectivity index (χ1v) is 6.88. The number of rotatable bonds is 3. The number of fused-ring (bicyclic) bond motifs is 1. The third-order valence-electron chi connectivity index (χ3n) is 3.45. The number of allylic oxidation sites excluding steroid dienone is 2. The van der Waals surface area contributed by atoms with Crippen molar-refractivity contribution in [2.24, 2.45) is 0 Å². The molecule has 0 spiro atoms. The fourth-order valence-electron chi connectivity index (χ4n) is 2.06. The molecule has 0 saturated carbocycles. The first-order valence-electron chi connectivity index (χ1n) is 6.88. The van der Waals surface area contributed by atoms with Gasteiger partial charge in [-0.3, -0.25) is 10.1 Å². The van der Waals surface area contributed by atoms with Gasteiger partial charge in [-0.15, -0.1) is 0 Å². The van der Waals surface area contributed by atoms with Gasteiger partial charge in [0.1, 0.15) is 0 Å². The normalized spacial score (nSPS) is 13.4. The summed E-state index contributed by atoms with van der Waals surface area (Å²) in [5.41, 5.74) is 6.13. The molecule has 1 aliphatic carbocycles. The Balaban J connectivity index is 0.000000224. The molecular formula is C16H23NO2. The molecule has 104 valence electrons. The molecule has 1 aromatic rings. The lowest BCUT2D eigenvalue weighted by molar-refractivity contribution is -0.480. The van der Waals surface area contributed by atoms with Gasteiger partial charge in [0.2, 0.25) is 6.54 Å². The van der Waals surface area contributed by atoms with Crippen molar-refractivity contribution in [1.29, 1.82) is 0 Å². The molecule has 0 amide bonds. The maximum absolute atomic E-state index is 9.56. The summed E-state index contributed by atoms with van der Waals surface area (Å²) in [4.78, 5) is 9.28. The van der Waals surface area contributed by atoms with Gasteiger partial charge in [0, 0.05) is 11.3 Å². The second-order valence-corrected chi connectivity index (χ2v) is 5.09. The summed E-state index contributed by atoms with van der Waals surface area (Å²) < 4.78 is 0. The number of nitrogens with zero attached hydrogens (tertiary/aromatic N) is 1. The zero-order chi connectivity index (χ0) is 14.3. The van der Waals surface area contributed by atoms with Crippen molar-refractivity contribution in [2.75, 3.05) is 6.54 Å². The van der Waals surface area contributed by atoms with Crippen molar-refractivity contribution < 1.29 is 4.92 Å². The molecule has 3 heteroatoms. The second kappa shape index (κ2) is 7.72. The lowest BCUT2D eigenvalue weighted by Gasteiger charge is -2.18. The Morgan fingerprint density at radius 3 is 1.89 bits per heavy atom. The van der Waals surface area contributed by atoms with Gasteiger partial charge < -0.3 is 0 Å². The van der Waals surface area contributed by atoms with Crippen LogP contribution in [-0.4, -0.2) is 11.5 Å². The molecule has 0 saturated heterocycles. The molecule has 1 aliphatic rings. The monoisotopic (exact) mass is 261 g/mol. The van der Waals surface area contributed by atoms with Crippen molar-refractivity contribution in [2.45, 2.75) is 46.5 Å². The summed E-state index contributed by atoms with van der Waals surface area (Å²) in [6, 6.07) is 8.75. The summed E-state index contributed by atoms with van der Waals surface area (Å²) in [5.74, 6) is 0. The maximum atomic E-state index is 9.56. The number of hydrogen-bond donors (Lipinski definition) is 0. The Hall–Kier alpha value is -1.64. The Morgan fingerprint density at radius 2 is 1.58 bits per heavy atom. The summed E-state index contributed by atoms with van der Waals surface area (Å²) in [7, 11) is 0. The average molecular weight is 261 g/mol. The summed E-state index contributed by atoms with van der Waals surface area (Å²) >= 11 is 0. The van der Waals surface area contributed by atoms with Crippen LogP contribution in [0.1, 0.15) is 44.7 Å². The van der Waals surface area contributed by atoms with Crippen LogP contribution in [0.5, 0.6) is 0 Å². The topological polar surface area (TPSA) is 43.1 Å². The smallest absolute Gasteiger partial charge is 0.203 e. The largest absolute Gasteiger partial charge is 0.265 e. The van der Waals surface area contributed by atoms with E-state index < -0.39 is 0 Å². The molecule has 19 heavy (non-hydrogen) atoms. The standard InChI is InChI=1S/C12H14.C4H9NO2/c1-9-7-11-5-3-4-6-12(11)8-10(9)2;1-2-3-4-5(6)7/h3-6H,7-8H2,1-2H3;2-4H2,1H3. The SMILES string of the molecule is CC1=C(C)Cc2ccccc2C1.CCCC[N+](=O)[O-]. The minimum absolute atomic E-state index is 0.122. The van der Waals surface area contributed by atoms with Crippen LogP contribution in [0.3, 0.4) is 0 Å². The highest BCUT2D eigenvalue weighted by atomic mass is 16.6. The molecule has 0 unspecified atom stereocenters. The molecule has 0 aliphatic heterocycles. The third-order valence-corrected chi connectivity index (χ3v) is 3.45. The van der Waals surface area contributed by atoms with Crippen LogP contribution < -0.4 is 0 Å². The number of hydrogen-bond acceptors (Lipinski definition) is 2. The van der Waals surface area contributed by atoms with Crippen molar-refractivity contribution in [3.63, 3.8) is 0 Å². The van der Waals surface area contributed by atoms with Crippen LogP contribution >= 0.6 is 0 Å². The highest BCUT2D eigenvalue weighted by Gasteiger charge is 2.10. The van der Waals surface area contributed by atoms with E-state index in [1.807, 2.05) is 6.92 Å². The Bertz CT molecular complexity index is 431. The molecule has 0 N–H and O–H groups in total. The lowest BCUT2D eigenvalue weighted by atomic mass is 9.88. The molecule has 0 aromatic heterocycles. The van der Waals surface area contributed by atoms with Crippen molar-refractivity contribution in [3.8, 4) is 0 Å². The van der Waals surface area contributed by atoms with Crippen LogP contribution in [0, 0.1) is 10.1 Å². The van der Waals surface area contributed by atoms with Crippen LogP contribution in [0.2, 0.25) is 0 Å². The Morgan fingerprint density at radius 1 is 1.11 bits per heavy atom. The van der Waals surface area contributed by atoms with Gasteiger partial charge in [0.25, 0.3) is 0 Å². The highest BCUT2D eigenvalue weighted by molar-refractivity contribution is 5.39. The van der Waals surface area contributed by atoms with Gasteiger partial charge in [-0.2, -0.15) is 0 Å². The molecule has 0 bridgehead atoms. The van der Waals surface area contributed by atoms with Gasteiger partial charge in [-0.05, 0) is 44.2 Å². The fourth-order valence-corrected chi connectivity index (χ4v) is 2.06. The van der Waals surface area contributed by atoms with E-state index in [4.69, 9.17) is 0 Å². The van der Waals surface area contributed by atoms with E-state index in [1.165, 1.54) is 11.1 Å². The number of nitro groups is 1. The van der Waals surface area contributed by atoms with Crippen molar-refractivity contribution in [1.82, 2.24) is 0 Å². The van der Waals surface area contributed by atoms with E-state index in [1.54, 1.807) is 11.1 Å². The van der Waals surface area contributed by atoms with E-state index in [9.17, 15) is 10.1 Å². The molecule has 0 atom stereocenters. The number of benzene rings is 1. The van der Waals surface area contributed by atoms with Crippen LogP contribution in [-0.2, 0) is 12.8 Å². The van der Waals surface area contributed by atoms with E-state index in [0.717, 1.165) is 19.3 Å². The van der Waals surface area contributed by atoms with Gasteiger partial charge in [0.15, 0.2) is 0 Å². The van der Waals surface area contributed by atoms with Gasteiger partial charge in [-0.1, -0.05) is 42.3 Å². The lowest BCUT2D eigenvalue weighted by Crippen LogP contribution is -2.04. The van der Waals surface area contributed by atoms with E-state index in [-0.39, 0.29) is 11.5 Å². The van der Waals surface area contributed by atoms with Gasteiger partial charge in [0.05, 0.1) is 0 Å². The Kier molecular flexibility index (Phi) is 6.26. The molecule has 0 fully saturated rings. The van der Waals surface area contributed by atoms with E-state index in [0.29, 0.717) is 6.42 Å².